The summed E-state index contributed by atoms with van der Waals surface area (Å²) in [5.74, 6) is -4.26. The average Bonchev–Trinajstić information content (AvgIpc) is 2.36. The van der Waals surface area contributed by atoms with Gasteiger partial charge in [0.25, 0.3) is 0 Å². The second kappa shape index (κ2) is 9.78. The molecule has 3 N–H and O–H groups in total. The number of carboxylic acids is 2. The fraction of sp³-hybridized carbons (Fsp3) is 0.562. The molecular weight excluding hydrogens is 304 g/mol. The van der Waals surface area contributed by atoms with Gasteiger partial charge >= 0.3 is 17.9 Å². The van der Waals surface area contributed by atoms with Crippen LogP contribution in [0.1, 0.15) is 46.5 Å². The van der Waals surface area contributed by atoms with Crippen molar-refractivity contribution >= 4 is 17.9 Å². The predicted octanol–water partition coefficient (Wildman–Crippen LogP) is 1.90. The number of carboxylic acid groups (broad SMARTS) is 2. The van der Waals surface area contributed by atoms with Gasteiger partial charge in [-0.2, -0.15) is 0 Å². The van der Waals surface area contributed by atoms with Gasteiger partial charge in [-0.15, -0.1) is 0 Å². The molecule has 0 fully saturated rings. The summed E-state index contributed by atoms with van der Waals surface area (Å²) in [5.41, 5.74) is -0.435. The number of allylic oxidation sites excluding steroid dienone is 3. The van der Waals surface area contributed by atoms with Crippen LogP contribution in [-0.2, 0) is 19.1 Å². The molecule has 0 heterocycles. The van der Waals surface area contributed by atoms with Gasteiger partial charge in [0.05, 0.1) is 12.8 Å². The third-order valence-corrected chi connectivity index (χ3v) is 3.05. The highest BCUT2D eigenvalue weighted by molar-refractivity contribution is 5.88. The van der Waals surface area contributed by atoms with Crippen LogP contribution in [-0.4, -0.2) is 45.4 Å². The summed E-state index contributed by atoms with van der Waals surface area (Å²) in [6, 6.07) is 0. The van der Waals surface area contributed by atoms with Gasteiger partial charge in [-0.1, -0.05) is 17.2 Å². The molecule has 0 aromatic carbocycles. The maximum Gasteiger partial charge on any atom is 0.336 e. The van der Waals surface area contributed by atoms with E-state index in [1.165, 1.54) is 5.57 Å². The highest BCUT2D eigenvalue weighted by Crippen LogP contribution is 2.17. The first-order valence-corrected chi connectivity index (χ1v) is 7.19. The third-order valence-electron chi connectivity index (χ3n) is 3.05. The van der Waals surface area contributed by atoms with E-state index in [4.69, 9.17) is 14.9 Å². The number of esters is 1. The van der Waals surface area contributed by atoms with Gasteiger partial charge in [0, 0.05) is 0 Å². The molecule has 0 bridgehead atoms. The Bertz CT molecular complexity index is 501. The van der Waals surface area contributed by atoms with Gasteiger partial charge in [-0.25, -0.2) is 4.79 Å². The van der Waals surface area contributed by atoms with Gasteiger partial charge in [0.2, 0.25) is 0 Å². The molecule has 1 atom stereocenters. The van der Waals surface area contributed by atoms with E-state index in [-0.39, 0.29) is 6.61 Å². The zero-order valence-corrected chi connectivity index (χ0v) is 13.7. The average molecular weight is 328 g/mol. The molecule has 0 aliphatic carbocycles. The topological polar surface area (TPSA) is 121 Å². The Hall–Kier alpha value is -2.15. The number of aliphatic hydroxyl groups is 1. The number of rotatable bonds is 10. The summed E-state index contributed by atoms with van der Waals surface area (Å²) in [6.45, 7) is 5.83. The number of ether oxygens (including phenoxy) is 1. The zero-order valence-electron chi connectivity index (χ0n) is 13.7. The van der Waals surface area contributed by atoms with E-state index in [0.29, 0.717) is 0 Å². The minimum atomic E-state index is -2.66. The molecule has 0 saturated heterocycles. The van der Waals surface area contributed by atoms with E-state index >= 15 is 0 Å². The molecule has 130 valence electrons. The van der Waals surface area contributed by atoms with Crippen molar-refractivity contribution in [1.29, 1.82) is 0 Å². The molecule has 0 aromatic rings. The summed E-state index contributed by atoms with van der Waals surface area (Å²) in [5, 5.41) is 27.1. The fourth-order valence-electron chi connectivity index (χ4n) is 1.72. The molecule has 0 aromatic heterocycles. The standard InChI is InChI=1S/C16H24O7/c1-11(2)5-4-6-12(3)7-8-23-14(19)10-16(22,15(20)21)9-13(17)18/h5,7,22H,4,6,8-10H2,1-3H3,(H,17,18)(H,20,21)/b12-7+. The smallest absolute Gasteiger partial charge is 0.336 e. The quantitative estimate of drug-likeness (QED) is 0.413. The normalized spacial score (nSPS) is 13.8. The molecule has 0 aliphatic heterocycles. The van der Waals surface area contributed by atoms with Crippen LogP contribution < -0.4 is 0 Å². The summed E-state index contributed by atoms with van der Waals surface area (Å²) >= 11 is 0. The van der Waals surface area contributed by atoms with E-state index in [1.54, 1.807) is 6.08 Å². The Morgan fingerprint density at radius 1 is 1.04 bits per heavy atom. The maximum absolute atomic E-state index is 11.6. The Kier molecular flexibility index (Phi) is 8.87. The van der Waals surface area contributed by atoms with Crippen molar-refractivity contribution in [3.8, 4) is 0 Å². The second-order valence-corrected chi connectivity index (χ2v) is 5.64. The molecule has 7 heteroatoms. The Balaban J connectivity index is 4.40. The minimum absolute atomic E-state index is 0.0533. The van der Waals surface area contributed by atoms with Crippen molar-refractivity contribution in [1.82, 2.24) is 0 Å². The Morgan fingerprint density at radius 3 is 2.13 bits per heavy atom. The van der Waals surface area contributed by atoms with Crippen molar-refractivity contribution in [2.24, 2.45) is 0 Å². The van der Waals surface area contributed by atoms with Gasteiger partial charge in [0.1, 0.15) is 6.61 Å². The fourth-order valence-corrected chi connectivity index (χ4v) is 1.72. The van der Waals surface area contributed by atoms with Gasteiger partial charge in [-0.05, 0) is 39.7 Å². The van der Waals surface area contributed by atoms with E-state index in [0.717, 1.165) is 18.4 Å². The molecule has 7 nitrogen and oxygen atoms in total. The zero-order chi connectivity index (χ0) is 18.0. The summed E-state index contributed by atoms with van der Waals surface area (Å²) in [6.07, 6.45) is 3.46. The SMILES string of the molecule is CC(C)=CCC/C(C)=C/COC(=O)CC(O)(CC(=O)O)C(=O)O. The second-order valence-electron chi connectivity index (χ2n) is 5.64. The highest BCUT2D eigenvalue weighted by atomic mass is 16.5. The molecule has 0 aliphatic rings. The Morgan fingerprint density at radius 2 is 1.65 bits per heavy atom. The van der Waals surface area contributed by atoms with Crippen molar-refractivity contribution < 1.29 is 34.4 Å². The highest BCUT2D eigenvalue weighted by Gasteiger charge is 2.41. The van der Waals surface area contributed by atoms with Crippen molar-refractivity contribution in [3.05, 3.63) is 23.3 Å². The molecular formula is C16H24O7. The lowest BCUT2D eigenvalue weighted by atomic mass is 9.96. The lowest BCUT2D eigenvalue weighted by Gasteiger charge is -2.19. The molecule has 23 heavy (non-hydrogen) atoms. The molecule has 0 saturated carbocycles. The molecule has 0 radical (unpaired) electrons. The maximum atomic E-state index is 11.6. The first-order valence-electron chi connectivity index (χ1n) is 7.19. The monoisotopic (exact) mass is 328 g/mol. The van der Waals surface area contributed by atoms with Gasteiger partial charge < -0.3 is 20.1 Å². The molecule has 0 rings (SSSR count). The van der Waals surface area contributed by atoms with Crippen molar-refractivity contribution in [2.45, 2.75) is 52.1 Å². The minimum Gasteiger partial charge on any atom is -0.481 e. The Labute approximate surface area is 135 Å². The molecule has 0 spiro atoms. The van der Waals surface area contributed by atoms with Crippen molar-refractivity contribution in [3.63, 3.8) is 0 Å². The van der Waals surface area contributed by atoms with E-state index < -0.39 is 36.4 Å². The van der Waals surface area contributed by atoms with E-state index in [1.807, 2.05) is 20.8 Å². The lowest BCUT2D eigenvalue weighted by Crippen LogP contribution is -2.43. The van der Waals surface area contributed by atoms with Crippen LogP contribution in [0.25, 0.3) is 0 Å². The predicted molar refractivity (Wildman–Crippen MR) is 82.8 cm³/mol. The summed E-state index contributed by atoms with van der Waals surface area (Å²) in [7, 11) is 0. The van der Waals surface area contributed by atoms with Gasteiger partial charge in [0.15, 0.2) is 5.60 Å². The molecule has 0 amide bonds. The number of aliphatic carboxylic acids is 2. The summed E-state index contributed by atoms with van der Waals surface area (Å²) in [4.78, 5) is 33.0. The lowest BCUT2D eigenvalue weighted by molar-refractivity contribution is -0.171. The largest absolute Gasteiger partial charge is 0.481 e. The third kappa shape index (κ3) is 9.46. The van der Waals surface area contributed by atoms with Crippen molar-refractivity contribution in [2.75, 3.05) is 6.61 Å². The van der Waals surface area contributed by atoms with Crippen LogP contribution in [0, 0.1) is 0 Å². The van der Waals surface area contributed by atoms with Gasteiger partial charge in [-0.3, -0.25) is 9.59 Å². The van der Waals surface area contributed by atoms with Crippen LogP contribution in [0.3, 0.4) is 0 Å². The molecule has 1 unspecified atom stereocenters. The van der Waals surface area contributed by atoms with Crippen LogP contribution in [0.2, 0.25) is 0 Å². The number of carbonyl (C=O) groups excluding carboxylic acids is 1. The van der Waals surface area contributed by atoms with Crippen LogP contribution in [0.4, 0.5) is 0 Å². The van der Waals surface area contributed by atoms with Crippen LogP contribution in [0.15, 0.2) is 23.3 Å². The summed E-state index contributed by atoms with van der Waals surface area (Å²) < 4.78 is 4.82. The van der Waals surface area contributed by atoms with Crippen LogP contribution in [0.5, 0.6) is 0 Å². The first kappa shape index (κ1) is 20.9. The first-order chi connectivity index (χ1) is 10.6. The number of carbonyl (C=O) groups is 3. The number of hydrogen-bond donors (Lipinski definition) is 3. The van der Waals surface area contributed by atoms with Crippen LogP contribution >= 0.6 is 0 Å². The number of hydrogen-bond acceptors (Lipinski definition) is 5. The van der Waals surface area contributed by atoms with E-state index in [9.17, 15) is 19.5 Å². The van der Waals surface area contributed by atoms with E-state index in [2.05, 4.69) is 6.08 Å².